The molecule has 0 aromatic carbocycles. The van der Waals surface area contributed by atoms with Crippen molar-refractivity contribution in [1.82, 2.24) is 20.1 Å². The second kappa shape index (κ2) is 7.06. The molecule has 0 spiro atoms. The Morgan fingerprint density at radius 1 is 1.19 bits per heavy atom. The Kier molecular flexibility index (Phi) is 5.15. The van der Waals surface area contributed by atoms with Gasteiger partial charge in [-0.15, -0.1) is 0 Å². The molecular weight excluding hydrogens is 324 g/mol. The van der Waals surface area contributed by atoms with Crippen LogP contribution in [0.4, 0.5) is 5.82 Å². The highest BCUT2D eigenvalue weighted by Crippen LogP contribution is 2.46. The van der Waals surface area contributed by atoms with Gasteiger partial charge in [-0.05, 0) is 38.6 Å². The molecule has 1 aromatic rings. The number of nitrogens with one attached hydrogen (secondary N) is 1. The van der Waals surface area contributed by atoms with Crippen LogP contribution in [0.2, 0.25) is 0 Å². The van der Waals surface area contributed by atoms with E-state index in [0.717, 1.165) is 51.0 Å². The van der Waals surface area contributed by atoms with E-state index in [0.29, 0.717) is 5.41 Å². The number of rotatable bonds is 3. The van der Waals surface area contributed by atoms with E-state index < -0.39 is 0 Å². The van der Waals surface area contributed by atoms with Gasteiger partial charge in [-0.3, -0.25) is 4.99 Å². The SMILES string of the molecule is CN=C(NCc1ccnc(N2CCN(C)CC2)c1)N1CC(C)(C)C1(C)C. The predicted octanol–water partition coefficient (Wildman–Crippen LogP) is 2.03. The third-order valence-electron chi connectivity index (χ3n) is 6.44. The molecule has 2 aliphatic heterocycles. The fourth-order valence-electron chi connectivity index (χ4n) is 3.66. The van der Waals surface area contributed by atoms with Crippen LogP contribution in [-0.2, 0) is 6.54 Å². The molecule has 0 amide bonds. The molecule has 0 saturated carbocycles. The summed E-state index contributed by atoms with van der Waals surface area (Å²) in [5.41, 5.74) is 1.65. The van der Waals surface area contributed by atoms with Crippen LogP contribution in [0.15, 0.2) is 23.3 Å². The third kappa shape index (κ3) is 3.52. The fourth-order valence-corrected chi connectivity index (χ4v) is 3.66. The molecule has 2 saturated heterocycles. The number of guanidine groups is 1. The summed E-state index contributed by atoms with van der Waals surface area (Å²) in [6.07, 6.45) is 1.92. The van der Waals surface area contributed by atoms with Crippen LogP contribution < -0.4 is 10.2 Å². The first-order valence-electron chi connectivity index (χ1n) is 9.61. The van der Waals surface area contributed by atoms with Crippen molar-refractivity contribution in [1.29, 1.82) is 0 Å². The van der Waals surface area contributed by atoms with E-state index in [4.69, 9.17) is 0 Å². The van der Waals surface area contributed by atoms with Crippen molar-refractivity contribution in [3.05, 3.63) is 23.9 Å². The molecule has 2 fully saturated rings. The lowest BCUT2D eigenvalue weighted by Crippen LogP contribution is -2.72. The average Bonchev–Trinajstić information content (AvgIpc) is 2.62. The molecule has 0 atom stereocenters. The molecular formula is C20H34N6. The van der Waals surface area contributed by atoms with Crippen LogP contribution in [0, 0.1) is 5.41 Å². The van der Waals surface area contributed by atoms with Crippen molar-refractivity contribution in [2.75, 3.05) is 51.7 Å². The lowest BCUT2D eigenvalue weighted by atomic mass is 9.65. The molecule has 6 nitrogen and oxygen atoms in total. The molecule has 1 aromatic heterocycles. The zero-order chi connectivity index (χ0) is 18.9. The highest BCUT2D eigenvalue weighted by Gasteiger charge is 2.53. The topological polar surface area (TPSA) is 47.0 Å². The monoisotopic (exact) mass is 358 g/mol. The third-order valence-corrected chi connectivity index (χ3v) is 6.44. The largest absolute Gasteiger partial charge is 0.354 e. The van der Waals surface area contributed by atoms with Crippen LogP contribution in [0.3, 0.4) is 0 Å². The predicted molar refractivity (Wildman–Crippen MR) is 109 cm³/mol. The van der Waals surface area contributed by atoms with E-state index in [-0.39, 0.29) is 5.54 Å². The van der Waals surface area contributed by atoms with Gasteiger partial charge in [0.05, 0.1) is 0 Å². The molecule has 3 heterocycles. The summed E-state index contributed by atoms with van der Waals surface area (Å²) < 4.78 is 0. The lowest BCUT2D eigenvalue weighted by molar-refractivity contribution is -0.0667. The first-order chi connectivity index (χ1) is 12.2. The van der Waals surface area contributed by atoms with Crippen LogP contribution in [0.25, 0.3) is 0 Å². The Bertz CT molecular complexity index is 658. The molecule has 0 radical (unpaired) electrons. The number of hydrogen-bond donors (Lipinski definition) is 1. The van der Waals surface area contributed by atoms with E-state index in [9.17, 15) is 0 Å². The quantitative estimate of drug-likeness (QED) is 0.662. The highest BCUT2D eigenvalue weighted by molar-refractivity contribution is 5.82. The summed E-state index contributed by atoms with van der Waals surface area (Å²) >= 11 is 0. The summed E-state index contributed by atoms with van der Waals surface area (Å²) in [5.74, 6) is 2.06. The zero-order valence-electron chi connectivity index (χ0n) is 17.2. The normalized spacial score (nSPS) is 22.9. The van der Waals surface area contributed by atoms with Gasteiger partial charge in [0.25, 0.3) is 0 Å². The maximum absolute atomic E-state index is 4.58. The van der Waals surface area contributed by atoms with Gasteiger partial charge in [0, 0.05) is 63.5 Å². The number of aliphatic imine (C=N–C) groups is 1. The summed E-state index contributed by atoms with van der Waals surface area (Å²) in [4.78, 5) is 16.2. The van der Waals surface area contributed by atoms with Crippen molar-refractivity contribution in [2.24, 2.45) is 10.4 Å². The molecule has 26 heavy (non-hydrogen) atoms. The highest BCUT2D eigenvalue weighted by atomic mass is 15.4. The van der Waals surface area contributed by atoms with Gasteiger partial charge < -0.3 is 20.0 Å². The maximum atomic E-state index is 4.58. The van der Waals surface area contributed by atoms with Crippen LogP contribution >= 0.6 is 0 Å². The summed E-state index contributed by atoms with van der Waals surface area (Å²) in [7, 11) is 4.04. The van der Waals surface area contributed by atoms with Crippen molar-refractivity contribution in [3.63, 3.8) is 0 Å². The Balaban J connectivity index is 1.62. The van der Waals surface area contributed by atoms with E-state index in [2.05, 4.69) is 76.9 Å². The fraction of sp³-hybridized carbons (Fsp3) is 0.700. The number of nitrogens with zero attached hydrogens (tertiary/aromatic N) is 5. The van der Waals surface area contributed by atoms with Crippen LogP contribution in [-0.4, -0.2) is 73.1 Å². The minimum atomic E-state index is 0.109. The number of piperazine rings is 1. The smallest absolute Gasteiger partial charge is 0.194 e. The van der Waals surface area contributed by atoms with E-state index in [1.807, 2.05) is 13.2 Å². The Labute approximate surface area is 158 Å². The van der Waals surface area contributed by atoms with Crippen LogP contribution in [0.1, 0.15) is 33.3 Å². The van der Waals surface area contributed by atoms with Gasteiger partial charge in [-0.2, -0.15) is 0 Å². The summed E-state index contributed by atoms with van der Waals surface area (Å²) in [6, 6.07) is 4.29. The maximum Gasteiger partial charge on any atom is 0.194 e. The molecule has 3 rings (SSSR count). The van der Waals surface area contributed by atoms with Gasteiger partial charge in [-0.1, -0.05) is 13.8 Å². The second-order valence-corrected chi connectivity index (χ2v) is 8.74. The number of anilines is 1. The number of aromatic nitrogens is 1. The van der Waals surface area contributed by atoms with Gasteiger partial charge >= 0.3 is 0 Å². The zero-order valence-corrected chi connectivity index (χ0v) is 17.2. The number of hydrogen-bond acceptors (Lipinski definition) is 4. The number of pyridine rings is 1. The van der Waals surface area contributed by atoms with Gasteiger partial charge in [0.15, 0.2) is 5.96 Å². The lowest BCUT2D eigenvalue weighted by Gasteiger charge is -2.62. The summed E-state index contributed by atoms with van der Waals surface area (Å²) in [6.45, 7) is 15.3. The van der Waals surface area contributed by atoms with E-state index in [1.165, 1.54) is 5.56 Å². The van der Waals surface area contributed by atoms with Crippen molar-refractivity contribution in [2.45, 2.75) is 39.8 Å². The van der Waals surface area contributed by atoms with Crippen molar-refractivity contribution in [3.8, 4) is 0 Å². The van der Waals surface area contributed by atoms with E-state index >= 15 is 0 Å². The first-order valence-corrected chi connectivity index (χ1v) is 9.61. The Morgan fingerprint density at radius 3 is 2.46 bits per heavy atom. The molecule has 144 valence electrons. The molecule has 2 aliphatic rings. The molecule has 1 N–H and O–H groups in total. The van der Waals surface area contributed by atoms with Crippen molar-refractivity contribution < 1.29 is 0 Å². The minimum absolute atomic E-state index is 0.109. The van der Waals surface area contributed by atoms with Crippen LogP contribution in [0.5, 0.6) is 0 Å². The van der Waals surface area contributed by atoms with E-state index in [1.54, 1.807) is 0 Å². The molecule has 0 aliphatic carbocycles. The molecule has 0 bridgehead atoms. The molecule has 0 unspecified atom stereocenters. The standard InChI is InChI=1S/C20H34N6/c1-19(2)15-26(20(19,3)4)18(21-5)23-14-16-7-8-22-17(13-16)25-11-9-24(6)10-12-25/h7-8,13H,9-12,14-15H2,1-6H3,(H,21,23). The minimum Gasteiger partial charge on any atom is -0.354 e. The van der Waals surface area contributed by atoms with Gasteiger partial charge in [0.2, 0.25) is 0 Å². The second-order valence-electron chi connectivity index (χ2n) is 8.74. The Morgan fingerprint density at radius 2 is 1.88 bits per heavy atom. The van der Waals surface area contributed by atoms with Gasteiger partial charge in [0.1, 0.15) is 5.82 Å². The molecule has 6 heteroatoms. The number of likely N-dealkylation sites (N-methyl/N-ethyl adjacent to an activating group) is 1. The number of likely N-dealkylation sites (tertiary alicyclic amines) is 1. The van der Waals surface area contributed by atoms with Gasteiger partial charge in [-0.25, -0.2) is 4.98 Å². The average molecular weight is 359 g/mol. The Hall–Kier alpha value is -1.82. The summed E-state index contributed by atoms with van der Waals surface area (Å²) in [5, 5.41) is 3.54. The first kappa shape index (κ1) is 19.0. The van der Waals surface area contributed by atoms with Crippen molar-refractivity contribution >= 4 is 11.8 Å².